The topological polar surface area (TPSA) is 0 Å². The average molecular weight is 157 g/mol. The molecule has 0 amide bonds. The lowest BCUT2D eigenvalue weighted by atomic mass is 10.2. The minimum atomic E-state index is -0.671. The minimum Gasteiger partial charge on any atom is -0.207 e. The van der Waals surface area contributed by atoms with Gasteiger partial charge in [-0.1, -0.05) is 12.2 Å². The average Bonchev–Trinajstić information content (AvgIpc) is 1.88. The predicted octanol–water partition coefficient (Wildman–Crippen LogP) is 2.19. The van der Waals surface area contributed by atoms with Crippen LogP contribution in [-0.4, -0.2) is 5.37 Å². The Hall–Kier alpha value is -0.830. The van der Waals surface area contributed by atoms with E-state index in [1.807, 2.05) is 0 Å². The van der Waals surface area contributed by atoms with E-state index in [2.05, 4.69) is 17.6 Å². The maximum atomic E-state index is 12.5. The molecule has 10 heavy (non-hydrogen) atoms. The first kappa shape index (κ1) is 7.28. The van der Waals surface area contributed by atoms with Crippen molar-refractivity contribution in [2.24, 2.45) is 0 Å². The highest BCUT2D eigenvalue weighted by Crippen LogP contribution is 2.06. The van der Waals surface area contributed by atoms with E-state index in [4.69, 9.17) is 0 Å². The Labute approximate surface area is 62.5 Å². The summed E-state index contributed by atoms with van der Waals surface area (Å²) in [6.07, 6.45) is 0. The zero-order chi connectivity index (χ0) is 7.56. The molecule has 1 radical (unpaired) electrons. The van der Waals surface area contributed by atoms with Crippen molar-refractivity contribution in [1.82, 2.24) is 0 Å². The number of halogens is 2. The number of benzene rings is 1. The van der Waals surface area contributed by atoms with Gasteiger partial charge >= 0.3 is 0 Å². The van der Waals surface area contributed by atoms with Crippen LogP contribution in [0.25, 0.3) is 0 Å². The molecular weight excluding hydrogens is 154 g/mol. The van der Waals surface area contributed by atoms with Gasteiger partial charge in [-0.25, -0.2) is 8.78 Å². The second-order valence-corrected chi connectivity index (χ2v) is 1.93. The van der Waals surface area contributed by atoms with Crippen molar-refractivity contribution < 1.29 is 8.78 Å². The maximum absolute atomic E-state index is 12.5. The van der Waals surface area contributed by atoms with Crippen LogP contribution in [0.2, 0.25) is 0 Å². The highest BCUT2D eigenvalue weighted by molar-refractivity contribution is 7.79. The van der Waals surface area contributed by atoms with Gasteiger partial charge in [0.1, 0.15) is 11.6 Å². The van der Waals surface area contributed by atoms with Crippen molar-refractivity contribution in [2.45, 2.75) is 0 Å². The molecule has 0 aromatic heterocycles. The van der Waals surface area contributed by atoms with Crippen molar-refractivity contribution in [1.29, 1.82) is 0 Å². The number of hydrogen-bond donors (Lipinski definition) is 0. The van der Waals surface area contributed by atoms with Gasteiger partial charge in [-0.2, -0.15) is 0 Å². The van der Waals surface area contributed by atoms with Crippen molar-refractivity contribution in [3.63, 3.8) is 0 Å². The van der Waals surface area contributed by atoms with Gasteiger partial charge in [-0.3, -0.25) is 0 Å². The second kappa shape index (κ2) is 2.84. The third-order valence-corrected chi connectivity index (χ3v) is 1.26. The van der Waals surface area contributed by atoms with Gasteiger partial charge in [0.05, 0.1) is 5.37 Å². The third-order valence-electron chi connectivity index (χ3n) is 1.04. The van der Waals surface area contributed by atoms with Gasteiger partial charge in [0.2, 0.25) is 0 Å². The van der Waals surface area contributed by atoms with Crippen LogP contribution in [0.4, 0.5) is 8.78 Å². The van der Waals surface area contributed by atoms with Gasteiger partial charge in [0.25, 0.3) is 0 Å². The molecule has 1 rings (SSSR count). The van der Waals surface area contributed by atoms with Crippen molar-refractivity contribution in [2.75, 3.05) is 0 Å². The van der Waals surface area contributed by atoms with Crippen molar-refractivity contribution in [3.8, 4) is 0 Å². The normalized spacial score (nSPS) is 9.40. The van der Waals surface area contributed by atoms with Crippen LogP contribution in [0.1, 0.15) is 5.56 Å². The fourth-order valence-electron chi connectivity index (χ4n) is 0.572. The molecule has 3 heteroatoms. The summed E-state index contributed by atoms with van der Waals surface area (Å²) < 4.78 is 24.7. The molecule has 0 N–H and O–H groups in total. The summed E-state index contributed by atoms with van der Waals surface area (Å²) in [5, 5.41) is 2.16. The fourth-order valence-corrected chi connectivity index (χ4v) is 0.738. The quantitative estimate of drug-likeness (QED) is 0.563. The van der Waals surface area contributed by atoms with Crippen molar-refractivity contribution >= 4 is 17.6 Å². The Morgan fingerprint density at radius 2 is 2.00 bits per heavy atom. The summed E-state index contributed by atoms with van der Waals surface area (Å²) in [6.45, 7) is 0. The predicted molar refractivity (Wildman–Crippen MR) is 38.1 cm³/mol. The first-order chi connectivity index (χ1) is 4.74. The molecule has 0 fully saturated rings. The second-order valence-electron chi connectivity index (χ2n) is 1.73. The maximum Gasteiger partial charge on any atom is 0.134 e. The lowest BCUT2D eigenvalue weighted by molar-refractivity contribution is 0.582. The lowest BCUT2D eigenvalue weighted by Crippen LogP contribution is -1.86. The molecule has 0 aliphatic carbocycles. The summed E-state index contributed by atoms with van der Waals surface area (Å²) in [5.74, 6) is -1.28. The summed E-state index contributed by atoms with van der Waals surface area (Å²) in [4.78, 5) is 0. The molecule has 0 spiro atoms. The Bertz CT molecular complexity index is 258. The smallest absolute Gasteiger partial charge is 0.134 e. The van der Waals surface area contributed by atoms with Crippen LogP contribution >= 0.6 is 12.2 Å². The minimum absolute atomic E-state index is 0.122. The van der Waals surface area contributed by atoms with E-state index in [9.17, 15) is 8.78 Å². The zero-order valence-electron chi connectivity index (χ0n) is 4.90. The summed E-state index contributed by atoms with van der Waals surface area (Å²) in [6, 6.07) is 3.16. The molecule has 0 heterocycles. The molecule has 1 aromatic carbocycles. The monoisotopic (exact) mass is 157 g/mol. The molecule has 0 aliphatic heterocycles. The van der Waals surface area contributed by atoms with Crippen LogP contribution in [0.5, 0.6) is 0 Å². The van der Waals surface area contributed by atoms with Crippen LogP contribution < -0.4 is 0 Å². The third kappa shape index (κ3) is 1.36. The molecule has 51 valence electrons. The van der Waals surface area contributed by atoms with E-state index in [1.54, 1.807) is 0 Å². The van der Waals surface area contributed by atoms with Gasteiger partial charge in [0.15, 0.2) is 0 Å². The molecular formula is C7H3F2S. The Morgan fingerprint density at radius 3 is 2.50 bits per heavy atom. The van der Waals surface area contributed by atoms with Crippen LogP contribution in [0.3, 0.4) is 0 Å². The first-order valence-electron chi connectivity index (χ1n) is 2.57. The summed E-state index contributed by atoms with van der Waals surface area (Å²) >= 11 is 4.34. The van der Waals surface area contributed by atoms with Crippen LogP contribution in [0.15, 0.2) is 18.2 Å². The molecule has 0 unspecified atom stereocenters. The summed E-state index contributed by atoms with van der Waals surface area (Å²) in [5.41, 5.74) is 0.122. The molecule has 0 atom stereocenters. The Morgan fingerprint density at radius 1 is 1.30 bits per heavy atom. The molecule has 0 aliphatic rings. The molecule has 0 saturated heterocycles. The van der Waals surface area contributed by atoms with E-state index in [1.165, 1.54) is 6.07 Å². The molecule has 0 bridgehead atoms. The van der Waals surface area contributed by atoms with Gasteiger partial charge in [-0.15, -0.1) is 0 Å². The SMILES string of the molecule is Fc1ccc([C]=S)c(F)c1. The Balaban J connectivity index is 3.19. The molecule has 0 nitrogen and oxygen atoms in total. The van der Waals surface area contributed by atoms with Gasteiger partial charge in [0, 0.05) is 11.6 Å². The van der Waals surface area contributed by atoms with Gasteiger partial charge in [-0.05, 0) is 12.1 Å². The van der Waals surface area contributed by atoms with Crippen LogP contribution in [-0.2, 0) is 0 Å². The van der Waals surface area contributed by atoms with Crippen molar-refractivity contribution in [3.05, 3.63) is 35.4 Å². The molecule has 0 saturated carbocycles. The lowest BCUT2D eigenvalue weighted by Gasteiger charge is -1.92. The molecule has 1 aromatic rings. The van der Waals surface area contributed by atoms with E-state index in [0.29, 0.717) is 0 Å². The van der Waals surface area contributed by atoms with E-state index in [0.717, 1.165) is 12.1 Å². The summed E-state index contributed by atoms with van der Waals surface area (Å²) in [7, 11) is 0. The Kier molecular flexibility index (Phi) is 2.06. The van der Waals surface area contributed by atoms with E-state index >= 15 is 0 Å². The van der Waals surface area contributed by atoms with E-state index < -0.39 is 11.6 Å². The standard InChI is InChI=1S/C7H3F2S/c8-6-2-1-5(4-10)7(9)3-6/h1-3H. The number of hydrogen-bond acceptors (Lipinski definition) is 1. The zero-order valence-corrected chi connectivity index (χ0v) is 5.71. The largest absolute Gasteiger partial charge is 0.207 e. The number of thiocarbonyl (C=S) groups is 1. The first-order valence-corrected chi connectivity index (χ1v) is 2.98. The van der Waals surface area contributed by atoms with E-state index in [-0.39, 0.29) is 5.56 Å². The fraction of sp³-hybridized carbons (Fsp3) is 0. The van der Waals surface area contributed by atoms with Crippen LogP contribution in [0, 0.1) is 11.6 Å². The highest BCUT2D eigenvalue weighted by Gasteiger charge is 1.99. The highest BCUT2D eigenvalue weighted by atomic mass is 32.1. The van der Waals surface area contributed by atoms with Gasteiger partial charge < -0.3 is 0 Å². The number of rotatable bonds is 1.